The maximum Gasteiger partial charge on any atom is 0.201 e. The number of ether oxygens (including phenoxy) is 1. The Bertz CT molecular complexity index is 1490. The molecule has 202 valence electrons. The molecule has 2 aromatic carbocycles. The monoisotopic (exact) mass is 534 g/mol. The van der Waals surface area contributed by atoms with Crippen LogP contribution in [0.3, 0.4) is 0 Å². The summed E-state index contributed by atoms with van der Waals surface area (Å²) in [4.78, 5) is 21.7. The van der Waals surface area contributed by atoms with Gasteiger partial charge in [-0.15, -0.1) is 0 Å². The molecular formula is C29H28F2N4O4. The number of carbonyl (C=O) groups is 1. The number of hydrogen-bond acceptors (Lipinski definition) is 8. The third-order valence-electron chi connectivity index (χ3n) is 6.32. The van der Waals surface area contributed by atoms with Crippen LogP contribution >= 0.6 is 0 Å². The van der Waals surface area contributed by atoms with Crippen molar-refractivity contribution in [3.63, 3.8) is 0 Å². The molecule has 8 nitrogen and oxygen atoms in total. The van der Waals surface area contributed by atoms with Crippen LogP contribution in [0.5, 0.6) is 5.75 Å². The Morgan fingerprint density at radius 3 is 2.62 bits per heavy atom. The number of Topliss-reactive ketones (excluding diaryl/α,β-unsaturated/α-hetero) is 1. The Morgan fingerprint density at radius 1 is 1.10 bits per heavy atom. The summed E-state index contributed by atoms with van der Waals surface area (Å²) in [6.07, 6.45) is 2.28. The lowest BCUT2D eigenvalue weighted by molar-refractivity contribution is 0.0970. The summed E-state index contributed by atoms with van der Waals surface area (Å²) in [6, 6.07) is 11.4. The molecule has 0 saturated carbocycles. The van der Waals surface area contributed by atoms with Gasteiger partial charge in [0.1, 0.15) is 5.69 Å². The summed E-state index contributed by atoms with van der Waals surface area (Å²) in [6.45, 7) is 1.44. The molecule has 2 aliphatic rings. The second-order valence-electron chi connectivity index (χ2n) is 8.96. The van der Waals surface area contributed by atoms with Crippen LogP contribution in [0.4, 0.5) is 20.3 Å². The molecule has 0 aromatic heterocycles. The minimum atomic E-state index is -1.08. The molecule has 4 N–H and O–H groups in total. The fourth-order valence-electron chi connectivity index (χ4n) is 4.36. The zero-order chi connectivity index (χ0) is 28.1. The predicted octanol–water partition coefficient (Wildman–Crippen LogP) is 5.18. The van der Waals surface area contributed by atoms with Gasteiger partial charge in [-0.05, 0) is 48.4 Å². The third kappa shape index (κ3) is 5.92. The topological polar surface area (TPSA) is 128 Å². The van der Waals surface area contributed by atoms with Crippen molar-refractivity contribution < 1.29 is 28.5 Å². The quantitative estimate of drug-likeness (QED) is 0.154. The van der Waals surface area contributed by atoms with E-state index in [1.54, 1.807) is 30.5 Å². The van der Waals surface area contributed by atoms with Crippen LogP contribution in [-0.2, 0) is 6.42 Å². The molecule has 0 spiro atoms. The largest absolute Gasteiger partial charge is 0.494 e. The zero-order valence-electron chi connectivity index (χ0n) is 21.5. The Balaban J connectivity index is 1.61. The van der Waals surface area contributed by atoms with Crippen molar-refractivity contribution in [3.8, 4) is 28.1 Å². The summed E-state index contributed by atoms with van der Waals surface area (Å²) < 4.78 is 34.1. The lowest BCUT2D eigenvalue weighted by Crippen LogP contribution is -2.19. The number of rotatable bonds is 11. The van der Waals surface area contributed by atoms with E-state index < -0.39 is 24.3 Å². The van der Waals surface area contributed by atoms with Gasteiger partial charge < -0.3 is 25.7 Å². The molecule has 2 aromatic rings. The number of fused-ring (bicyclic) bond motifs is 1. The molecule has 0 aliphatic carbocycles. The van der Waals surface area contributed by atoms with Crippen LogP contribution in [0.1, 0.15) is 35.7 Å². The molecule has 0 saturated heterocycles. The Kier molecular flexibility index (Phi) is 8.58. The number of aliphatic hydroxyl groups excluding tert-OH is 2. The maximum atomic E-state index is 14.8. The number of aryl methyl sites for hydroxylation is 1. The molecule has 4 rings (SSSR count). The first-order valence-corrected chi connectivity index (χ1v) is 12.3. The van der Waals surface area contributed by atoms with E-state index in [1.165, 1.54) is 25.4 Å². The number of nitrogens with one attached hydrogen (secondary N) is 2. The summed E-state index contributed by atoms with van der Waals surface area (Å²) in [5.74, 6) is -2.18. The van der Waals surface area contributed by atoms with E-state index in [9.17, 15) is 18.7 Å². The smallest absolute Gasteiger partial charge is 0.201 e. The number of aromatic nitrogens is 2. The van der Waals surface area contributed by atoms with Crippen LogP contribution in [-0.4, -0.2) is 51.5 Å². The van der Waals surface area contributed by atoms with Gasteiger partial charge >= 0.3 is 0 Å². The molecule has 10 heteroatoms. The van der Waals surface area contributed by atoms with E-state index >= 15 is 0 Å². The van der Waals surface area contributed by atoms with Gasteiger partial charge in [0.2, 0.25) is 5.82 Å². The van der Waals surface area contributed by atoms with E-state index in [-0.39, 0.29) is 35.6 Å². The van der Waals surface area contributed by atoms with Gasteiger partial charge in [0.15, 0.2) is 23.2 Å². The first-order valence-electron chi connectivity index (χ1n) is 12.3. The highest BCUT2D eigenvalue weighted by Gasteiger charge is 2.22. The Labute approximate surface area is 224 Å². The molecular weight excluding hydrogens is 506 g/mol. The first-order chi connectivity index (χ1) is 18.8. The van der Waals surface area contributed by atoms with Crippen LogP contribution in [0, 0.1) is 17.0 Å². The Hall–Kier alpha value is -4.28. The van der Waals surface area contributed by atoms with Crippen molar-refractivity contribution in [1.29, 1.82) is 5.41 Å². The van der Waals surface area contributed by atoms with E-state index in [2.05, 4.69) is 15.3 Å². The van der Waals surface area contributed by atoms with Gasteiger partial charge in [0.25, 0.3) is 0 Å². The van der Waals surface area contributed by atoms with Gasteiger partial charge in [-0.25, -0.2) is 9.37 Å². The van der Waals surface area contributed by atoms with E-state index in [4.69, 9.17) is 15.3 Å². The van der Waals surface area contributed by atoms with Crippen molar-refractivity contribution in [2.45, 2.75) is 32.3 Å². The fourth-order valence-corrected chi connectivity index (χ4v) is 4.36. The third-order valence-corrected chi connectivity index (χ3v) is 6.32. The van der Waals surface area contributed by atoms with Gasteiger partial charge in [0, 0.05) is 58.9 Å². The van der Waals surface area contributed by atoms with E-state index in [0.717, 1.165) is 5.56 Å². The normalized spacial score (nSPS) is 11.8. The molecule has 2 aliphatic heterocycles. The minimum absolute atomic E-state index is 0.0421. The number of carbonyl (C=O) groups excluding carboxylic acids is 1. The average molecular weight is 535 g/mol. The molecule has 1 unspecified atom stereocenters. The number of aliphatic hydroxyl groups is 2. The molecule has 0 bridgehead atoms. The lowest BCUT2D eigenvalue weighted by Gasteiger charge is -2.13. The molecule has 39 heavy (non-hydrogen) atoms. The summed E-state index contributed by atoms with van der Waals surface area (Å²) in [5.41, 5.74) is 3.35. The second-order valence-corrected chi connectivity index (χ2v) is 8.96. The van der Waals surface area contributed by atoms with Crippen LogP contribution < -0.4 is 10.1 Å². The van der Waals surface area contributed by atoms with Crippen molar-refractivity contribution in [2.75, 3.05) is 19.0 Å². The van der Waals surface area contributed by atoms with E-state index in [0.29, 0.717) is 40.3 Å². The molecule has 1 atom stereocenters. The second kappa shape index (κ2) is 12.1. The number of nitrogens with zero attached hydrogens (tertiary/aromatic N) is 2. The molecule has 0 fully saturated rings. The highest BCUT2D eigenvalue weighted by atomic mass is 19.2. The van der Waals surface area contributed by atoms with Crippen molar-refractivity contribution in [1.82, 2.24) is 9.97 Å². The molecule has 0 amide bonds. The number of hydrogen-bond donors (Lipinski definition) is 4. The van der Waals surface area contributed by atoms with Gasteiger partial charge in [0.05, 0.1) is 19.8 Å². The maximum absolute atomic E-state index is 14.8. The van der Waals surface area contributed by atoms with Gasteiger partial charge in [-0.2, -0.15) is 4.39 Å². The zero-order valence-corrected chi connectivity index (χ0v) is 21.5. The van der Waals surface area contributed by atoms with Gasteiger partial charge in [-0.3, -0.25) is 9.78 Å². The van der Waals surface area contributed by atoms with Crippen molar-refractivity contribution >= 4 is 23.0 Å². The summed E-state index contributed by atoms with van der Waals surface area (Å²) >= 11 is 0. The van der Waals surface area contributed by atoms with Crippen LogP contribution in [0.25, 0.3) is 22.4 Å². The molecule has 0 radical (unpaired) electrons. The number of ketones is 1. The summed E-state index contributed by atoms with van der Waals surface area (Å²) in [5, 5.41) is 29.7. The van der Waals surface area contributed by atoms with Crippen LogP contribution in [0.15, 0.2) is 54.9 Å². The van der Waals surface area contributed by atoms with Crippen LogP contribution in [0.2, 0.25) is 0 Å². The predicted molar refractivity (Wildman–Crippen MR) is 144 cm³/mol. The standard InChI is InChI=1S/C29H28F2N4O4/c1-3-16-11-18(6-7-20(16)24(38)13-17(32)12-19(37)15-36)35-29-28-22(5-4-10-33-29)23(14-34-28)21-8-9-25(39-2)27(31)26(21)30/h4-11,14,19,32,36-37H,3,12-13,15H2,1-2H3,(H,33,35). The van der Waals surface area contributed by atoms with Crippen molar-refractivity contribution in [3.05, 3.63) is 77.6 Å². The number of halogens is 2. The number of methoxy groups -OCH3 is 1. The number of anilines is 2. The van der Waals surface area contributed by atoms with E-state index in [1.807, 2.05) is 13.0 Å². The highest BCUT2D eigenvalue weighted by molar-refractivity contribution is 6.09. The first kappa shape index (κ1) is 27.7. The number of benzene rings is 2. The minimum Gasteiger partial charge on any atom is -0.494 e. The SMILES string of the molecule is CCc1cc(Nc2ncccc3c(-c4ccc(OC)c(F)c4F)cnc2-3)ccc1C(=O)CC(=N)CC(O)CO. The highest BCUT2D eigenvalue weighted by Crippen LogP contribution is 2.39. The van der Waals surface area contributed by atoms with Gasteiger partial charge in [-0.1, -0.05) is 13.0 Å². The lowest BCUT2D eigenvalue weighted by atomic mass is 9.96. The van der Waals surface area contributed by atoms with Crippen molar-refractivity contribution in [2.24, 2.45) is 0 Å². The molecule has 2 heterocycles. The average Bonchev–Trinajstić information content (AvgIpc) is 3.24. The Morgan fingerprint density at radius 2 is 1.90 bits per heavy atom. The summed E-state index contributed by atoms with van der Waals surface area (Å²) in [7, 11) is 1.27. The fraction of sp³-hybridized carbons (Fsp3) is 0.241.